The fraction of sp³-hybridized carbons (Fsp3) is 0.500. The summed E-state index contributed by atoms with van der Waals surface area (Å²) in [4.78, 5) is 30.9. The summed E-state index contributed by atoms with van der Waals surface area (Å²) in [6.07, 6.45) is 2.39. The molecule has 0 atom stereocenters. The highest BCUT2D eigenvalue weighted by molar-refractivity contribution is 5.78. The maximum absolute atomic E-state index is 12.0. The summed E-state index contributed by atoms with van der Waals surface area (Å²) < 4.78 is 0. The highest BCUT2D eigenvalue weighted by Gasteiger charge is 2.18. The number of nitrogens with zero attached hydrogens (tertiary/aromatic N) is 3. The number of pyridine rings is 1. The van der Waals surface area contributed by atoms with Gasteiger partial charge in [-0.3, -0.25) is 14.6 Å². The van der Waals surface area contributed by atoms with Crippen molar-refractivity contribution in [3.05, 3.63) is 29.6 Å². The van der Waals surface area contributed by atoms with Crippen LogP contribution < -0.4 is 5.32 Å². The van der Waals surface area contributed by atoms with Crippen molar-refractivity contribution in [2.45, 2.75) is 6.54 Å². The van der Waals surface area contributed by atoms with Crippen molar-refractivity contribution in [1.29, 1.82) is 0 Å². The molecule has 1 aromatic rings. The first-order valence-electron chi connectivity index (χ1n) is 6.76. The molecular weight excluding hydrogens is 256 g/mol. The summed E-state index contributed by atoms with van der Waals surface area (Å²) in [5.41, 5.74) is 1.36. The lowest BCUT2D eigenvalue weighted by Crippen LogP contribution is -2.49. The van der Waals surface area contributed by atoms with E-state index in [0.29, 0.717) is 18.7 Å². The zero-order valence-corrected chi connectivity index (χ0v) is 11.7. The third-order valence-electron chi connectivity index (χ3n) is 3.42. The van der Waals surface area contributed by atoms with E-state index in [-0.39, 0.29) is 5.91 Å². The zero-order chi connectivity index (χ0) is 14.4. The molecule has 6 nitrogen and oxygen atoms in total. The van der Waals surface area contributed by atoms with Crippen LogP contribution in [-0.4, -0.2) is 66.7 Å². The summed E-state index contributed by atoms with van der Waals surface area (Å²) in [5.74, 6) is 0.115. The molecule has 2 rings (SSSR count). The SMILES string of the molecule is CN1CCN(C(=O)CNCc2cc(C=O)ccn2)CC1. The fourth-order valence-electron chi connectivity index (χ4n) is 2.13. The lowest BCUT2D eigenvalue weighted by Gasteiger charge is -2.32. The number of aldehydes is 1. The quantitative estimate of drug-likeness (QED) is 0.752. The van der Waals surface area contributed by atoms with Gasteiger partial charge in [-0.1, -0.05) is 0 Å². The van der Waals surface area contributed by atoms with Crippen molar-refractivity contribution in [2.24, 2.45) is 0 Å². The van der Waals surface area contributed by atoms with Crippen molar-refractivity contribution < 1.29 is 9.59 Å². The third kappa shape index (κ3) is 4.11. The first kappa shape index (κ1) is 14.6. The van der Waals surface area contributed by atoms with Crippen LogP contribution in [-0.2, 0) is 11.3 Å². The Hall–Kier alpha value is -1.79. The molecule has 0 bridgehead atoms. The van der Waals surface area contributed by atoms with E-state index in [0.717, 1.165) is 38.2 Å². The highest BCUT2D eigenvalue weighted by Crippen LogP contribution is 2.00. The van der Waals surface area contributed by atoms with Gasteiger partial charge < -0.3 is 15.1 Å². The second-order valence-electron chi connectivity index (χ2n) is 4.99. The number of hydrogen-bond donors (Lipinski definition) is 1. The van der Waals surface area contributed by atoms with Gasteiger partial charge in [0.2, 0.25) is 5.91 Å². The molecule has 108 valence electrons. The lowest BCUT2D eigenvalue weighted by atomic mass is 10.2. The van der Waals surface area contributed by atoms with Crippen LogP contribution in [0.1, 0.15) is 16.1 Å². The van der Waals surface area contributed by atoms with Crippen molar-refractivity contribution >= 4 is 12.2 Å². The van der Waals surface area contributed by atoms with E-state index >= 15 is 0 Å². The van der Waals surface area contributed by atoms with Gasteiger partial charge >= 0.3 is 0 Å². The molecule has 1 fully saturated rings. The zero-order valence-electron chi connectivity index (χ0n) is 11.7. The van der Waals surface area contributed by atoms with Crippen LogP contribution >= 0.6 is 0 Å². The molecule has 6 heteroatoms. The van der Waals surface area contributed by atoms with E-state index in [2.05, 4.69) is 22.2 Å². The van der Waals surface area contributed by atoms with Gasteiger partial charge in [-0.15, -0.1) is 0 Å². The average Bonchev–Trinajstić information content (AvgIpc) is 2.48. The highest BCUT2D eigenvalue weighted by atomic mass is 16.2. The summed E-state index contributed by atoms with van der Waals surface area (Å²) in [7, 11) is 2.06. The number of amides is 1. The predicted octanol–water partition coefficient (Wildman–Crippen LogP) is -0.242. The molecule has 0 radical (unpaired) electrons. The second-order valence-corrected chi connectivity index (χ2v) is 4.99. The Kier molecular flexibility index (Phi) is 5.20. The van der Waals surface area contributed by atoms with Gasteiger partial charge in [-0.2, -0.15) is 0 Å². The molecule has 0 aromatic carbocycles. The molecule has 0 unspecified atom stereocenters. The molecule has 0 aliphatic carbocycles. The van der Waals surface area contributed by atoms with Gasteiger partial charge in [-0.25, -0.2) is 0 Å². The molecule has 1 saturated heterocycles. The van der Waals surface area contributed by atoms with E-state index in [1.165, 1.54) is 0 Å². The van der Waals surface area contributed by atoms with Crippen molar-refractivity contribution in [1.82, 2.24) is 20.1 Å². The number of carbonyl (C=O) groups excluding carboxylic acids is 2. The Morgan fingerprint density at radius 1 is 1.40 bits per heavy atom. The average molecular weight is 276 g/mol. The van der Waals surface area contributed by atoms with E-state index in [1.54, 1.807) is 18.3 Å². The molecule has 0 saturated carbocycles. The first-order valence-corrected chi connectivity index (χ1v) is 6.76. The lowest BCUT2D eigenvalue weighted by molar-refractivity contribution is -0.131. The van der Waals surface area contributed by atoms with E-state index in [1.807, 2.05) is 4.90 Å². The van der Waals surface area contributed by atoms with Gasteiger partial charge in [0.1, 0.15) is 6.29 Å². The van der Waals surface area contributed by atoms with Crippen molar-refractivity contribution in [2.75, 3.05) is 39.8 Å². The van der Waals surface area contributed by atoms with E-state index in [4.69, 9.17) is 0 Å². The molecular formula is C14H20N4O2. The maximum Gasteiger partial charge on any atom is 0.236 e. The largest absolute Gasteiger partial charge is 0.339 e. The van der Waals surface area contributed by atoms with Crippen LogP contribution in [0.15, 0.2) is 18.3 Å². The molecule has 1 aromatic heterocycles. The number of rotatable bonds is 5. The molecule has 2 heterocycles. The van der Waals surface area contributed by atoms with Crippen LogP contribution in [0.3, 0.4) is 0 Å². The molecule has 20 heavy (non-hydrogen) atoms. The van der Waals surface area contributed by atoms with Crippen LogP contribution in [0, 0.1) is 0 Å². The number of piperazine rings is 1. The summed E-state index contributed by atoms with van der Waals surface area (Å²) >= 11 is 0. The van der Waals surface area contributed by atoms with Crippen LogP contribution in [0.4, 0.5) is 0 Å². The van der Waals surface area contributed by atoms with E-state index in [9.17, 15) is 9.59 Å². The van der Waals surface area contributed by atoms with Crippen LogP contribution in [0.25, 0.3) is 0 Å². The minimum atomic E-state index is 0.115. The number of carbonyl (C=O) groups is 2. The van der Waals surface area contributed by atoms with Gasteiger partial charge in [-0.05, 0) is 19.2 Å². The summed E-state index contributed by atoms with van der Waals surface area (Å²) in [6.45, 7) is 4.22. The monoisotopic (exact) mass is 276 g/mol. The molecule has 1 amide bonds. The third-order valence-corrected chi connectivity index (χ3v) is 3.42. The minimum absolute atomic E-state index is 0.115. The summed E-state index contributed by atoms with van der Waals surface area (Å²) in [5, 5.41) is 3.08. The van der Waals surface area contributed by atoms with Crippen molar-refractivity contribution in [3.8, 4) is 0 Å². The van der Waals surface area contributed by atoms with Crippen LogP contribution in [0.5, 0.6) is 0 Å². The molecule has 1 N–H and O–H groups in total. The first-order chi connectivity index (χ1) is 9.69. The Balaban J connectivity index is 1.74. The number of nitrogens with one attached hydrogen (secondary N) is 1. The maximum atomic E-state index is 12.0. The smallest absolute Gasteiger partial charge is 0.236 e. The topological polar surface area (TPSA) is 65.5 Å². The molecule has 0 spiro atoms. The Bertz CT molecular complexity index is 470. The van der Waals surface area contributed by atoms with Gasteiger partial charge in [0.25, 0.3) is 0 Å². The number of likely N-dealkylation sites (N-methyl/N-ethyl adjacent to an activating group) is 1. The fourth-order valence-corrected chi connectivity index (χ4v) is 2.13. The molecule has 1 aliphatic rings. The molecule has 1 aliphatic heterocycles. The minimum Gasteiger partial charge on any atom is -0.339 e. The Morgan fingerprint density at radius 2 is 2.15 bits per heavy atom. The van der Waals surface area contributed by atoms with Gasteiger partial charge in [0.15, 0.2) is 0 Å². The Morgan fingerprint density at radius 3 is 2.85 bits per heavy atom. The Labute approximate surface area is 118 Å². The number of aromatic nitrogens is 1. The van der Waals surface area contributed by atoms with Crippen LogP contribution in [0.2, 0.25) is 0 Å². The van der Waals surface area contributed by atoms with E-state index < -0.39 is 0 Å². The standard InChI is InChI=1S/C14H20N4O2/c1-17-4-6-18(7-5-17)14(20)10-15-9-13-8-12(11-19)2-3-16-13/h2-3,8,11,15H,4-7,9-10H2,1H3. The summed E-state index contributed by atoms with van der Waals surface area (Å²) in [6, 6.07) is 3.38. The predicted molar refractivity (Wildman–Crippen MR) is 75.4 cm³/mol. The number of hydrogen-bond acceptors (Lipinski definition) is 5. The van der Waals surface area contributed by atoms with Gasteiger partial charge in [0, 0.05) is 44.5 Å². The normalized spacial score (nSPS) is 16.1. The van der Waals surface area contributed by atoms with Gasteiger partial charge in [0.05, 0.1) is 12.2 Å². The second kappa shape index (κ2) is 7.12. The van der Waals surface area contributed by atoms with Crippen molar-refractivity contribution in [3.63, 3.8) is 0 Å².